The number of carbonyl (C=O) groups is 3. The number of nitrogens with two attached hydrogens (primary N) is 1. The van der Waals surface area contributed by atoms with Crippen LogP contribution in [-0.2, 0) is 9.59 Å². The number of carboxylic acids is 2. The number of hydrogen-bond acceptors (Lipinski definition) is 4. The fraction of sp³-hybridized carbons (Fsp3) is 0.375. The first-order valence-electron chi connectivity index (χ1n) is 4.41. The van der Waals surface area contributed by atoms with Crippen molar-refractivity contribution >= 4 is 18.0 Å². The number of carbonyl (C=O) groups excluding carboxylic acids is 1. The van der Waals surface area contributed by atoms with Crippen molar-refractivity contribution in [1.82, 2.24) is 10.6 Å². The van der Waals surface area contributed by atoms with Crippen molar-refractivity contribution in [3.63, 3.8) is 0 Å². The summed E-state index contributed by atoms with van der Waals surface area (Å²) in [5.41, 5.74) is 3.20. The van der Waals surface area contributed by atoms with Crippen molar-refractivity contribution in [3.8, 4) is 0 Å². The minimum absolute atomic E-state index is 0.339. The molecular formula is C8H13N3O5. The Hall–Kier alpha value is -2.25. The summed E-state index contributed by atoms with van der Waals surface area (Å²) >= 11 is 0. The number of hydrogen-bond donors (Lipinski definition) is 5. The summed E-state index contributed by atoms with van der Waals surface area (Å²) in [5.74, 6) is -3.24. The van der Waals surface area contributed by atoms with Crippen LogP contribution in [0.5, 0.6) is 0 Å². The molecular weight excluding hydrogens is 218 g/mol. The molecule has 90 valence electrons. The van der Waals surface area contributed by atoms with Crippen LogP contribution in [0.4, 0.5) is 4.79 Å². The molecule has 0 radical (unpaired) electrons. The Morgan fingerprint density at radius 1 is 1.19 bits per heavy atom. The summed E-state index contributed by atoms with van der Waals surface area (Å²) in [5, 5.41) is 21.3. The van der Waals surface area contributed by atoms with Crippen molar-refractivity contribution < 1.29 is 24.6 Å². The van der Waals surface area contributed by atoms with Gasteiger partial charge >= 0.3 is 18.0 Å². The van der Waals surface area contributed by atoms with Crippen LogP contribution in [0.3, 0.4) is 0 Å². The maximum atomic E-state index is 11.1. The van der Waals surface area contributed by atoms with Crippen molar-refractivity contribution in [1.29, 1.82) is 0 Å². The van der Waals surface area contributed by atoms with Crippen molar-refractivity contribution in [3.05, 3.63) is 11.4 Å². The Balaban J connectivity index is 4.72. The van der Waals surface area contributed by atoms with Crippen molar-refractivity contribution in [2.75, 3.05) is 6.54 Å². The standard InChI is InChI=1S/C8H13N3O5/c1-2-3-10-8(16)11-5(7(14)15)4(9)6(12)13/h2-3,9H2,1H3,(H,12,13)(H,14,15)(H2,10,11,16)/b5-4+. The predicted molar refractivity (Wildman–Crippen MR) is 53.3 cm³/mol. The molecule has 0 aromatic heterocycles. The van der Waals surface area contributed by atoms with Crippen LogP contribution in [-0.4, -0.2) is 34.7 Å². The summed E-state index contributed by atoms with van der Waals surface area (Å²) in [7, 11) is 0. The lowest BCUT2D eigenvalue weighted by molar-refractivity contribution is -0.136. The molecule has 0 aliphatic rings. The topological polar surface area (TPSA) is 142 Å². The summed E-state index contributed by atoms with van der Waals surface area (Å²) < 4.78 is 0. The van der Waals surface area contributed by atoms with Crippen LogP contribution >= 0.6 is 0 Å². The maximum absolute atomic E-state index is 11.1. The van der Waals surface area contributed by atoms with Crippen LogP contribution in [0.25, 0.3) is 0 Å². The van der Waals surface area contributed by atoms with E-state index in [0.717, 1.165) is 0 Å². The van der Waals surface area contributed by atoms with Gasteiger partial charge < -0.3 is 21.3 Å². The van der Waals surface area contributed by atoms with Gasteiger partial charge in [-0.25, -0.2) is 14.4 Å². The Labute approximate surface area is 91.1 Å². The molecule has 0 saturated carbocycles. The van der Waals surface area contributed by atoms with Gasteiger partial charge in [-0.3, -0.25) is 5.32 Å². The number of nitrogens with one attached hydrogen (secondary N) is 2. The third kappa shape index (κ3) is 4.31. The second-order valence-electron chi connectivity index (χ2n) is 2.78. The first-order valence-corrected chi connectivity index (χ1v) is 4.41. The van der Waals surface area contributed by atoms with Gasteiger partial charge in [-0.1, -0.05) is 6.92 Å². The van der Waals surface area contributed by atoms with Crippen LogP contribution in [0, 0.1) is 0 Å². The van der Waals surface area contributed by atoms with Gasteiger partial charge in [0, 0.05) is 6.54 Å². The van der Waals surface area contributed by atoms with Gasteiger partial charge in [-0.2, -0.15) is 0 Å². The summed E-state index contributed by atoms with van der Waals surface area (Å²) in [4.78, 5) is 32.1. The smallest absolute Gasteiger partial charge is 0.354 e. The fourth-order valence-corrected chi connectivity index (χ4v) is 0.739. The average molecular weight is 231 g/mol. The fourth-order valence-electron chi connectivity index (χ4n) is 0.739. The number of aliphatic carboxylic acids is 2. The first-order chi connectivity index (χ1) is 7.40. The largest absolute Gasteiger partial charge is 0.477 e. The second-order valence-corrected chi connectivity index (χ2v) is 2.78. The minimum Gasteiger partial charge on any atom is -0.477 e. The Bertz CT molecular complexity index is 337. The molecule has 0 rings (SSSR count). The highest BCUT2D eigenvalue weighted by Crippen LogP contribution is 1.95. The number of carboxylic acid groups (broad SMARTS) is 2. The van der Waals surface area contributed by atoms with E-state index in [0.29, 0.717) is 13.0 Å². The van der Waals surface area contributed by atoms with E-state index in [4.69, 9.17) is 15.9 Å². The van der Waals surface area contributed by atoms with Crippen LogP contribution in [0.15, 0.2) is 11.4 Å². The highest BCUT2D eigenvalue weighted by molar-refractivity contribution is 6.00. The molecule has 0 aliphatic carbocycles. The van der Waals surface area contributed by atoms with E-state index >= 15 is 0 Å². The molecule has 0 fully saturated rings. The molecule has 16 heavy (non-hydrogen) atoms. The normalized spacial score (nSPS) is 11.3. The molecule has 0 heterocycles. The van der Waals surface area contributed by atoms with E-state index in [1.165, 1.54) is 0 Å². The van der Waals surface area contributed by atoms with E-state index in [2.05, 4.69) is 5.32 Å². The molecule has 0 aromatic rings. The van der Waals surface area contributed by atoms with Gasteiger partial charge in [0.2, 0.25) is 0 Å². The van der Waals surface area contributed by atoms with Crippen molar-refractivity contribution in [2.24, 2.45) is 5.73 Å². The van der Waals surface area contributed by atoms with Gasteiger partial charge in [-0.05, 0) is 6.42 Å². The van der Waals surface area contributed by atoms with Crippen LogP contribution in [0.2, 0.25) is 0 Å². The number of rotatable bonds is 5. The lowest BCUT2D eigenvalue weighted by Gasteiger charge is -2.08. The lowest BCUT2D eigenvalue weighted by atomic mass is 10.3. The quantitative estimate of drug-likeness (QED) is 0.385. The average Bonchev–Trinajstić information content (AvgIpc) is 2.21. The second kappa shape index (κ2) is 6.27. The number of amides is 2. The van der Waals surface area contributed by atoms with Gasteiger partial charge in [0.25, 0.3) is 0 Å². The Kier molecular flexibility index (Phi) is 5.39. The van der Waals surface area contributed by atoms with E-state index in [-0.39, 0.29) is 0 Å². The molecule has 0 aliphatic heterocycles. The maximum Gasteiger partial charge on any atom is 0.354 e. The highest BCUT2D eigenvalue weighted by atomic mass is 16.4. The SMILES string of the molecule is CCCNC(=O)N/C(C(=O)O)=C(/N)C(=O)O. The molecule has 0 unspecified atom stereocenters. The van der Waals surface area contributed by atoms with Crippen molar-refractivity contribution in [2.45, 2.75) is 13.3 Å². The zero-order chi connectivity index (χ0) is 12.7. The first kappa shape index (κ1) is 13.8. The third-order valence-corrected chi connectivity index (χ3v) is 1.49. The van der Waals surface area contributed by atoms with Gasteiger partial charge in [-0.15, -0.1) is 0 Å². The van der Waals surface area contributed by atoms with Gasteiger partial charge in [0.05, 0.1) is 0 Å². The Morgan fingerprint density at radius 3 is 2.12 bits per heavy atom. The molecule has 8 nitrogen and oxygen atoms in total. The monoisotopic (exact) mass is 231 g/mol. The van der Waals surface area contributed by atoms with E-state index in [9.17, 15) is 14.4 Å². The Morgan fingerprint density at radius 2 is 1.75 bits per heavy atom. The zero-order valence-electron chi connectivity index (χ0n) is 8.61. The van der Waals surface area contributed by atoms with E-state index in [1.54, 1.807) is 6.92 Å². The highest BCUT2D eigenvalue weighted by Gasteiger charge is 2.19. The molecule has 6 N–H and O–H groups in total. The van der Waals surface area contributed by atoms with Gasteiger partial charge in [0.1, 0.15) is 5.70 Å². The molecule has 8 heteroatoms. The molecule has 0 saturated heterocycles. The summed E-state index contributed by atoms with van der Waals surface area (Å²) in [6, 6.07) is -0.816. The number of urea groups is 1. The van der Waals surface area contributed by atoms with E-state index < -0.39 is 29.4 Å². The third-order valence-electron chi connectivity index (χ3n) is 1.49. The lowest BCUT2D eigenvalue weighted by Crippen LogP contribution is -2.39. The molecule has 2 amide bonds. The molecule has 0 bridgehead atoms. The van der Waals surface area contributed by atoms with E-state index in [1.807, 2.05) is 5.32 Å². The molecule has 0 spiro atoms. The molecule has 0 atom stereocenters. The minimum atomic E-state index is -1.62. The van der Waals surface area contributed by atoms with Crippen LogP contribution < -0.4 is 16.4 Å². The molecule has 0 aromatic carbocycles. The summed E-state index contributed by atoms with van der Waals surface area (Å²) in [6.07, 6.45) is 0.661. The zero-order valence-corrected chi connectivity index (χ0v) is 8.61. The summed E-state index contributed by atoms with van der Waals surface area (Å²) in [6.45, 7) is 2.14. The van der Waals surface area contributed by atoms with Crippen LogP contribution in [0.1, 0.15) is 13.3 Å². The predicted octanol–water partition coefficient (Wildman–Crippen LogP) is -0.965. The van der Waals surface area contributed by atoms with Gasteiger partial charge in [0.15, 0.2) is 5.70 Å².